The molecule has 1 amide bonds. The molecule has 0 radical (unpaired) electrons. The van der Waals surface area contributed by atoms with Crippen molar-refractivity contribution in [3.63, 3.8) is 0 Å². The van der Waals surface area contributed by atoms with Crippen molar-refractivity contribution >= 4 is 17.4 Å². The fourth-order valence-corrected chi connectivity index (χ4v) is 2.64. The van der Waals surface area contributed by atoms with Gasteiger partial charge in [0.1, 0.15) is 28.9 Å². The molecule has 0 aliphatic heterocycles. The van der Waals surface area contributed by atoms with E-state index in [9.17, 15) is 22.4 Å². The molecule has 0 unspecified atom stereocenters. The van der Waals surface area contributed by atoms with Crippen LogP contribution in [0.4, 0.5) is 29.1 Å². The number of aromatic nitrogens is 1. The summed E-state index contributed by atoms with van der Waals surface area (Å²) in [6, 6.07) is 9.95. The maximum absolute atomic E-state index is 13.6. The quantitative estimate of drug-likeness (QED) is 0.527. The highest BCUT2D eigenvalue weighted by molar-refractivity contribution is 6.07. The summed E-state index contributed by atoms with van der Waals surface area (Å²) in [5, 5.41) is 2.66. The van der Waals surface area contributed by atoms with E-state index >= 15 is 0 Å². The van der Waals surface area contributed by atoms with Gasteiger partial charge in [-0.1, -0.05) is 0 Å². The number of nitrogens with two attached hydrogens (primary N) is 1. The van der Waals surface area contributed by atoms with E-state index in [0.717, 1.165) is 23.4 Å². The highest BCUT2D eigenvalue weighted by Gasteiger charge is 2.31. The minimum Gasteiger partial charge on any atom is -0.457 e. The summed E-state index contributed by atoms with van der Waals surface area (Å²) < 4.78 is 59.7. The van der Waals surface area contributed by atoms with Crippen molar-refractivity contribution < 1.29 is 31.8 Å². The highest BCUT2D eigenvalue weighted by atomic mass is 19.4. The molecule has 3 rings (SSSR count). The van der Waals surface area contributed by atoms with Crippen LogP contribution in [-0.4, -0.2) is 17.3 Å². The number of pyridine rings is 1. The minimum absolute atomic E-state index is 0.100. The number of nitrogens with zero attached hydrogens (tertiary/aromatic N) is 1. The molecule has 0 atom stereocenters. The number of hydrogen-bond donors (Lipinski definition) is 2. The van der Waals surface area contributed by atoms with Crippen LogP contribution in [0.15, 0.2) is 48.5 Å². The van der Waals surface area contributed by atoms with Gasteiger partial charge in [0.25, 0.3) is 5.91 Å². The number of nitrogens with one attached hydrogen (secondary N) is 1. The predicted octanol–water partition coefficient (Wildman–Crippen LogP) is 5.36. The van der Waals surface area contributed by atoms with Crippen LogP contribution < -0.4 is 20.5 Å². The Bertz CT molecular complexity index is 1120. The van der Waals surface area contributed by atoms with Crippen LogP contribution in [0, 0.1) is 19.7 Å². The SMILES string of the molecule is Cc1cc(C(=O)Nc2ccc(Oc3cc(F)cc(OC(F)(F)F)c3)cc2)c(N)nc1C. The van der Waals surface area contributed by atoms with Crippen molar-refractivity contribution in [1.29, 1.82) is 0 Å². The lowest BCUT2D eigenvalue weighted by Crippen LogP contribution is -2.17. The van der Waals surface area contributed by atoms with Crippen LogP contribution in [0.2, 0.25) is 0 Å². The molecule has 10 heteroatoms. The van der Waals surface area contributed by atoms with E-state index in [-0.39, 0.29) is 22.9 Å². The molecule has 6 nitrogen and oxygen atoms in total. The molecular formula is C21H17F4N3O3. The number of rotatable bonds is 5. The molecule has 162 valence electrons. The maximum atomic E-state index is 13.6. The lowest BCUT2D eigenvalue weighted by molar-refractivity contribution is -0.274. The molecule has 0 aliphatic carbocycles. The Morgan fingerprint density at radius 3 is 2.29 bits per heavy atom. The molecule has 3 aromatic rings. The van der Waals surface area contributed by atoms with Crippen molar-refractivity contribution in [3.05, 3.63) is 71.2 Å². The Balaban J connectivity index is 1.71. The Labute approximate surface area is 174 Å². The third-order valence-corrected chi connectivity index (χ3v) is 4.17. The number of anilines is 2. The molecule has 0 saturated carbocycles. The number of nitrogen functional groups attached to an aromatic ring is 1. The summed E-state index contributed by atoms with van der Waals surface area (Å²) in [6.07, 6.45) is -4.96. The number of carbonyl (C=O) groups is 1. The average molecular weight is 435 g/mol. The largest absolute Gasteiger partial charge is 0.573 e. The molecule has 0 saturated heterocycles. The van der Waals surface area contributed by atoms with Crippen LogP contribution in [-0.2, 0) is 0 Å². The fraction of sp³-hybridized carbons (Fsp3) is 0.143. The molecule has 0 aliphatic rings. The highest BCUT2D eigenvalue weighted by Crippen LogP contribution is 2.31. The Hall–Kier alpha value is -3.82. The zero-order chi connectivity index (χ0) is 22.8. The van der Waals surface area contributed by atoms with Gasteiger partial charge in [-0.25, -0.2) is 9.37 Å². The number of alkyl halides is 3. The van der Waals surface area contributed by atoms with Crippen molar-refractivity contribution in [2.75, 3.05) is 11.1 Å². The number of hydrogen-bond acceptors (Lipinski definition) is 5. The Morgan fingerprint density at radius 2 is 1.65 bits per heavy atom. The normalized spacial score (nSPS) is 11.2. The third kappa shape index (κ3) is 5.84. The number of amides is 1. The van der Waals surface area contributed by atoms with Crippen LogP contribution in [0.3, 0.4) is 0 Å². The van der Waals surface area contributed by atoms with Crippen molar-refractivity contribution in [2.45, 2.75) is 20.2 Å². The minimum atomic E-state index is -4.96. The van der Waals surface area contributed by atoms with Crippen molar-refractivity contribution in [2.24, 2.45) is 0 Å². The molecule has 0 bridgehead atoms. The Kier molecular flexibility index (Phi) is 6.00. The first-order chi connectivity index (χ1) is 14.5. The van der Waals surface area contributed by atoms with E-state index in [0.29, 0.717) is 11.8 Å². The van der Waals surface area contributed by atoms with E-state index in [4.69, 9.17) is 10.5 Å². The van der Waals surface area contributed by atoms with Crippen molar-refractivity contribution in [1.82, 2.24) is 4.98 Å². The molecular weight excluding hydrogens is 418 g/mol. The fourth-order valence-electron chi connectivity index (χ4n) is 2.64. The number of halogens is 4. The van der Waals surface area contributed by atoms with Crippen molar-refractivity contribution in [3.8, 4) is 17.2 Å². The zero-order valence-corrected chi connectivity index (χ0v) is 16.4. The molecule has 0 spiro atoms. The van der Waals surface area contributed by atoms with Crippen LogP contribution in [0.5, 0.6) is 17.2 Å². The smallest absolute Gasteiger partial charge is 0.457 e. The molecule has 31 heavy (non-hydrogen) atoms. The Morgan fingerprint density at radius 1 is 1.00 bits per heavy atom. The van der Waals surface area contributed by atoms with Crippen LogP contribution in [0.1, 0.15) is 21.6 Å². The van der Waals surface area contributed by atoms with E-state index < -0.39 is 23.8 Å². The number of benzene rings is 2. The van der Waals surface area contributed by atoms with Gasteiger partial charge in [-0.15, -0.1) is 13.2 Å². The first-order valence-electron chi connectivity index (χ1n) is 8.89. The van der Waals surface area contributed by atoms with Gasteiger partial charge in [-0.3, -0.25) is 4.79 Å². The van der Waals surface area contributed by atoms with Gasteiger partial charge in [0, 0.05) is 29.6 Å². The molecule has 0 fully saturated rings. The van der Waals surface area contributed by atoms with Crippen LogP contribution >= 0.6 is 0 Å². The summed E-state index contributed by atoms with van der Waals surface area (Å²) in [7, 11) is 0. The van der Waals surface area contributed by atoms with E-state index in [2.05, 4.69) is 15.0 Å². The van der Waals surface area contributed by atoms with E-state index in [1.54, 1.807) is 13.0 Å². The lowest BCUT2D eigenvalue weighted by atomic mass is 10.1. The number of aryl methyl sites for hydroxylation is 2. The second kappa shape index (κ2) is 8.50. The third-order valence-electron chi connectivity index (χ3n) is 4.17. The summed E-state index contributed by atoms with van der Waals surface area (Å²) in [4.78, 5) is 16.6. The first-order valence-corrected chi connectivity index (χ1v) is 8.89. The second-order valence-corrected chi connectivity index (χ2v) is 6.57. The molecule has 1 aromatic heterocycles. The predicted molar refractivity (Wildman–Crippen MR) is 106 cm³/mol. The average Bonchev–Trinajstić information content (AvgIpc) is 2.64. The van der Waals surface area contributed by atoms with Crippen LogP contribution in [0.25, 0.3) is 0 Å². The summed E-state index contributed by atoms with van der Waals surface area (Å²) in [6.45, 7) is 3.59. The monoisotopic (exact) mass is 435 g/mol. The number of ether oxygens (including phenoxy) is 2. The van der Waals surface area contributed by atoms with E-state index in [1.165, 1.54) is 24.3 Å². The summed E-state index contributed by atoms with van der Waals surface area (Å²) in [5.41, 5.74) is 7.98. The maximum Gasteiger partial charge on any atom is 0.573 e. The molecule has 1 heterocycles. The summed E-state index contributed by atoms with van der Waals surface area (Å²) >= 11 is 0. The zero-order valence-electron chi connectivity index (χ0n) is 16.4. The van der Waals surface area contributed by atoms with E-state index in [1.807, 2.05) is 6.92 Å². The first kappa shape index (κ1) is 21.9. The molecule has 3 N–H and O–H groups in total. The van der Waals surface area contributed by atoms with Gasteiger partial charge >= 0.3 is 6.36 Å². The molecule has 2 aromatic carbocycles. The van der Waals surface area contributed by atoms with Gasteiger partial charge in [-0.2, -0.15) is 0 Å². The van der Waals surface area contributed by atoms with Gasteiger partial charge in [0.2, 0.25) is 0 Å². The topological polar surface area (TPSA) is 86.5 Å². The summed E-state index contributed by atoms with van der Waals surface area (Å²) in [5.74, 6) is -2.05. The number of carbonyl (C=O) groups excluding carboxylic acids is 1. The second-order valence-electron chi connectivity index (χ2n) is 6.57. The van der Waals surface area contributed by atoms with Gasteiger partial charge < -0.3 is 20.5 Å². The van der Waals surface area contributed by atoms with Gasteiger partial charge in [0.15, 0.2) is 0 Å². The standard InChI is InChI=1S/C21H17F4N3O3/c1-11-7-18(19(26)27-12(11)2)20(29)28-14-3-5-15(6-4-14)30-16-8-13(22)9-17(10-16)31-21(23,24)25/h3-10H,1-2H3,(H2,26,27)(H,28,29). The van der Waals surface area contributed by atoms with Gasteiger partial charge in [-0.05, 0) is 49.7 Å². The van der Waals surface area contributed by atoms with Gasteiger partial charge in [0.05, 0.1) is 5.56 Å². The lowest BCUT2D eigenvalue weighted by Gasteiger charge is -2.12.